The average Bonchev–Trinajstić information content (AvgIpc) is 3.31. The zero-order valence-corrected chi connectivity index (χ0v) is 15.4. The third-order valence-corrected chi connectivity index (χ3v) is 4.78. The lowest BCUT2D eigenvalue weighted by atomic mass is 10.2. The number of anilines is 1. The number of carbonyl (C=O) groups is 1. The molecule has 0 saturated carbocycles. The van der Waals surface area contributed by atoms with Crippen LogP contribution in [0.5, 0.6) is 0 Å². The summed E-state index contributed by atoms with van der Waals surface area (Å²) in [4.78, 5) is 17.1. The summed E-state index contributed by atoms with van der Waals surface area (Å²) >= 11 is 0. The van der Waals surface area contributed by atoms with Crippen LogP contribution in [-0.2, 0) is 0 Å². The molecule has 1 saturated heterocycles. The second kappa shape index (κ2) is 8.07. The lowest BCUT2D eigenvalue weighted by molar-refractivity contribution is 0.0942. The molecule has 136 valence electrons. The molecule has 0 bridgehead atoms. The minimum Gasteiger partial charge on any atom is -0.378 e. The van der Waals surface area contributed by atoms with Gasteiger partial charge in [0.2, 0.25) is 0 Å². The fraction of sp³-hybridized carbons (Fsp3) is 0.400. The van der Waals surface area contributed by atoms with Gasteiger partial charge in [0.1, 0.15) is 11.8 Å². The number of nitriles is 1. The number of amides is 1. The van der Waals surface area contributed by atoms with Crippen molar-refractivity contribution >= 4 is 11.6 Å². The van der Waals surface area contributed by atoms with Gasteiger partial charge in [0.15, 0.2) is 0 Å². The van der Waals surface area contributed by atoms with Gasteiger partial charge in [-0.25, -0.2) is 0 Å². The number of hydrogen-bond donors (Lipinski definition) is 1. The smallest absolute Gasteiger partial charge is 0.269 e. The minimum atomic E-state index is -0.206. The first-order valence-corrected chi connectivity index (χ1v) is 9.00. The van der Waals surface area contributed by atoms with Crippen LogP contribution in [0.2, 0.25) is 0 Å². The molecular formula is C20H25N5O. The van der Waals surface area contributed by atoms with Gasteiger partial charge in [-0.3, -0.25) is 4.79 Å². The van der Waals surface area contributed by atoms with Crippen molar-refractivity contribution in [3.63, 3.8) is 0 Å². The molecule has 26 heavy (non-hydrogen) atoms. The lowest BCUT2D eigenvalue weighted by Gasteiger charge is -2.16. The average molecular weight is 351 g/mol. The van der Waals surface area contributed by atoms with Crippen LogP contribution in [0.4, 0.5) is 5.69 Å². The molecule has 0 spiro atoms. The maximum absolute atomic E-state index is 12.7. The predicted molar refractivity (Wildman–Crippen MR) is 103 cm³/mol. The number of aromatic nitrogens is 1. The van der Waals surface area contributed by atoms with Gasteiger partial charge in [-0.15, -0.1) is 0 Å². The number of carbonyl (C=O) groups excluding carboxylic acids is 1. The fourth-order valence-electron chi connectivity index (χ4n) is 3.30. The first kappa shape index (κ1) is 18.0. The highest BCUT2D eigenvalue weighted by Crippen LogP contribution is 2.20. The molecule has 1 aromatic heterocycles. The van der Waals surface area contributed by atoms with E-state index in [1.54, 1.807) is 16.8 Å². The van der Waals surface area contributed by atoms with Crippen LogP contribution in [0, 0.1) is 11.3 Å². The Labute approximate surface area is 154 Å². The monoisotopic (exact) mass is 351 g/mol. The molecule has 1 fully saturated rings. The maximum Gasteiger partial charge on any atom is 0.269 e. The second-order valence-electron chi connectivity index (χ2n) is 6.78. The zero-order chi connectivity index (χ0) is 18.5. The Balaban J connectivity index is 1.76. The van der Waals surface area contributed by atoms with Crippen molar-refractivity contribution in [3.05, 3.63) is 47.8 Å². The van der Waals surface area contributed by atoms with Gasteiger partial charge >= 0.3 is 0 Å². The molecule has 2 aromatic rings. The normalized spacial score (nSPS) is 14.2. The van der Waals surface area contributed by atoms with E-state index in [1.165, 1.54) is 12.8 Å². The van der Waals surface area contributed by atoms with E-state index in [9.17, 15) is 10.1 Å². The number of hydrogen-bond acceptors (Lipinski definition) is 4. The number of benzene rings is 1. The summed E-state index contributed by atoms with van der Waals surface area (Å²) in [6.45, 7) is 3.65. The molecule has 3 rings (SSSR count). The highest BCUT2D eigenvalue weighted by atomic mass is 16.1. The molecule has 1 N–H and O–H groups in total. The summed E-state index contributed by atoms with van der Waals surface area (Å²) in [6.07, 6.45) is 4.25. The Kier molecular flexibility index (Phi) is 5.59. The molecule has 0 unspecified atom stereocenters. The van der Waals surface area contributed by atoms with Crippen LogP contribution < -0.4 is 10.2 Å². The Morgan fingerprint density at radius 1 is 1.19 bits per heavy atom. The first-order chi connectivity index (χ1) is 12.6. The first-order valence-electron chi connectivity index (χ1n) is 9.00. The molecule has 2 heterocycles. The summed E-state index contributed by atoms with van der Waals surface area (Å²) in [5.41, 5.74) is 2.73. The van der Waals surface area contributed by atoms with E-state index in [-0.39, 0.29) is 5.91 Å². The van der Waals surface area contributed by atoms with Gasteiger partial charge in [0.25, 0.3) is 5.91 Å². The van der Waals surface area contributed by atoms with Gasteiger partial charge < -0.3 is 19.7 Å². The highest BCUT2D eigenvalue weighted by molar-refractivity contribution is 5.95. The summed E-state index contributed by atoms with van der Waals surface area (Å²) < 4.78 is 1.78. The summed E-state index contributed by atoms with van der Waals surface area (Å²) in [7, 11) is 3.97. The van der Waals surface area contributed by atoms with Crippen LogP contribution in [0.15, 0.2) is 36.5 Å². The molecular weight excluding hydrogens is 326 g/mol. The van der Waals surface area contributed by atoms with Crippen molar-refractivity contribution in [2.45, 2.75) is 12.8 Å². The van der Waals surface area contributed by atoms with Crippen molar-refractivity contribution in [3.8, 4) is 11.8 Å². The van der Waals surface area contributed by atoms with Crippen molar-refractivity contribution in [1.82, 2.24) is 14.8 Å². The van der Waals surface area contributed by atoms with Crippen molar-refractivity contribution < 1.29 is 4.79 Å². The largest absolute Gasteiger partial charge is 0.378 e. The van der Waals surface area contributed by atoms with E-state index >= 15 is 0 Å². The van der Waals surface area contributed by atoms with Crippen LogP contribution in [0.1, 0.15) is 28.9 Å². The molecule has 1 amide bonds. The van der Waals surface area contributed by atoms with E-state index in [2.05, 4.69) is 16.3 Å². The number of rotatable bonds is 6. The van der Waals surface area contributed by atoms with Crippen molar-refractivity contribution in [1.29, 1.82) is 5.26 Å². The second-order valence-corrected chi connectivity index (χ2v) is 6.78. The van der Waals surface area contributed by atoms with E-state index in [0.717, 1.165) is 31.0 Å². The van der Waals surface area contributed by atoms with Crippen molar-refractivity contribution in [2.75, 3.05) is 45.2 Å². The molecule has 1 aliphatic heterocycles. The molecule has 1 aliphatic rings. The van der Waals surface area contributed by atoms with Crippen LogP contribution >= 0.6 is 0 Å². The Bertz CT molecular complexity index is 795. The van der Waals surface area contributed by atoms with Crippen LogP contribution in [0.25, 0.3) is 5.69 Å². The van der Waals surface area contributed by atoms with Crippen LogP contribution in [0.3, 0.4) is 0 Å². The van der Waals surface area contributed by atoms with Gasteiger partial charge in [-0.05, 0) is 56.3 Å². The fourth-order valence-corrected chi connectivity index (χ4v) is 3.30. The Morgan fingerprint density at radius 2 is 1.88 bits per heavy atom. The van der Waals surface area contributed by atoms with Gasteiger partial charge in [0.05, 0.1) is 5.56 Å². The third kappa shape index (κ3) is 3.89. The maximum atomic E-state index is 12.7. The molecule has 0 aliphatic carbocycles. The van der Waals surface area contributed by atoms with Gasteiger partial charge in [-0.1, -0.05) is 0 Å². The quantitative estimate of drug-likeness (QED) is 0.867. The van der Waals surface area contributed by atoms with E-state index in [4.69, 9.17) is 0 Å². The summed E-state index contributed by atoms with van der Waals surface area (Å²) in [5.74, 6) is -0.206. The molecule has 0 radical (unpaired) electrons. The Hall–Kier alpha value is -2.78. The predicted octanol–water partition coefficient (Wildman–Crippen LogP) is 2.24. The third-order valence-electron chi connectivity index (χ3n) is 4.78. The highest BCUT2D eigenvalue weighted by Gasteiger charge is 2.19. The minimum absolute atomic E-state index is 0.206. The van der Waals surface area contributed by atoms with Gasteiger partial charge in [0, 0.05) is 44.8 Å². The number of nitrogens with zero attached hydrogens (tertiary/aromatic N) is 4. The van der Waals surface area contributed by atoms with Crippen molar-refractivity contribution in [2.24, 2.45) is 0 Å². The van der Waals surface area contributed by atoms with E-state index in [0.29, 0.717) is 17.8 Å². The topological polar surface area (TPSA) is 64.3 Å². The SMILES string of the molecule is CN(C)c1ccc(-n2ccc(C#N)c2C(=O)NCCN2CCCC2)cc1. The molecule has 0 atom stereocenters. The molecule has 6 heteroatoms. The molecule has 6 nitrogen and oxygen atoms in total. The zero-order valence-electron chi connectivity index (χ0n) is 15.4. The summed E-state index contributed by atoms with van der Waals surface area (Å²) in [5, 5.41) is 12.3. The number of likely N-dealkylation sites (tertiary alicyclic amines) is 1. The van der Waals surface area contributed by atoms with Gasteiger partial charge in [-0.2, -0.15) is 5.26 Å². The lowest BCUT2D eigenvalue weighted by Crippen LogP contribution is -2.34. The number of nitrogens with one attached hydrogen (secondary N) is 1. The standard InChI is InChI=1S/C20H25N5O/c1-23(2)17-5-7-18(8-6-17)25-13-9-16(15-21)19(25)20(26)22-10-14-24-11-3-4-12-24/h5-9,13H,3-4,10-12,14H2,1-2H3,(H,22,26). The molecule has 1 aromatic carbocycles. The summed E-state index contributed by atoms with van der Waals surface area (Å²) in [6, 6.07) is 11.7. The van der Waals surface area contributed by atoms with Crippen LogP contribution in [-0.4, -0.2) is 55.6 Å². The Morgan fingerprint density at radius 3 is 2.50 bits per heavy atom. The van der Waals surface area contributed by atoms with E-state index in [1.807, 2.05) is 43.3 Å². The van der Waals surface area contributed by atoms with E-state index < -0.39 is 0 Å².